The molecule has 1 saturated heterocycles. The molecule has 0 radical (unpaired) electrons. The van der Waals surface area contributed by atoms with E-state index in [-0.39, 0.29) is 30.9 Å². The minimum atomic E-state index is -0.414. The van der Waals surface area contributed by atoms with E-state index < -0.39 is 6.03 Å². The fourth-order valence-corrected chi connectivity index (χ4v) is 2.77. The first-order valence-corrected chi connectivity index (χ1v) is 7.34. The van der Waals surface area contributed by atoms with Crippen LogP contribution in [0.5, 0.6) is 0 Å². The van der Waals surface area contributed by atoms with Gasteiger partial charge >= 0.3 is 6.03 Å². The highest BCUT2D eigenvalue weighted by Crippen LogP contribution is 2.16. The summed E-state index contributed by atoms with van der Waals surface area (Å²) < 4.78 is 0. The summed E-state index contributed by atoms with van der Waals surface area (Å²) in [5, 5.41) is 7.89. The van der Waals surface area contributed by atoms with E-state index in [4.69, 9.17) is 0 Å². The molecule has 1 aliphatic carbocycles. The average molecular weight is 283 g/mol. The number of carbonyl (C=O) groups excluding carboxylic acids is 3. The second-order valence-corrected chi connectivity index (χ2v) is 5.56. The van der Waals surface area contributed by atoms with Gasteiger partial charge in [-0.05, 0) is 12.8 Å². The molecule has 1 aliphatic heterocycles. The molecule has 2 aliphatic rings. The summed E-state index contributed by atoms with van der Waals surface area (Å²) in [4.78, 5) is 35.5. The molecule has 7 nitrogen and oxygen atoms in total. The molecule has 1 heterocycles. The quantitative estimate of drug-likeness (QED) is 0.490. The second kappa shape index (κ2) is 7.23. The topological polar surface area (TPSA) is 91.7 Å². The SMILES string of the molecule is O=C1C[NH+](CC(=O)NC(=O)NC2CCCCC2)CCN1. The molecule has 1 atom stereocenters. The van der Waals surface area contributed by atoms with Crippen LogP contribution in [-0.4, -0.2) is 50.1 Å². The molecule has 0 aromatic rings. The van der Waals surface area contributed by atoms with Crippen LogP contribution in [0, 0.1) is 0 Å². The Morgan fingerprint density at radius 2 is 2.00 bits per heavy atom. The minimum Gasteiger partial charge on any atom is -0.346 e. The summed E-state index contributed by atoms with van der Waals surface area (Å²) in [7, 11) is 0. The van der Waals surface area contributed by atoms with Gasteiger partial charge in [0, 0.05) is 6.04 Å². The number of piperazine rings is 1. The van der Waals surface area contributed by atoms with Crippen molar-refractivity contribution in [3.8, 4) is 0 Å². The normalized spacial score (nSPS) is 23.8. The van der Waals surface area contributed by atoms with Crippen molar-refractivity contribution in [2.45, 2.75) is 38.1 Å². The van der Waals surface area contributed by atoms with Crippen LogP contribution in [0.1, 0.15) is 32.1 Å². The molecule has 0 bridgehead atoms. The molecule has 20 heavy (non-hydrogen) atoms. The van der Waals surface area contributed by atoms with Gasteiger partial charge in [-0.1, -0.05) is 19.3 Å². The molecule has 0 aromatic heterocycles. The van der Waals surface area contributed by atoms with Crippen LogP contribution in [0.2, 0.25) is 0 Å². The third-order valence-corrected chi connectivity index (χ3v) is 3.82. The smallest absolute Gasteiger partial charge is 0.321 e. The molecule has 4 amide bonds. The van der Waals surface area contributed by atoms with E-state index >= 15 is 0 Å². The number of nitrogens with one attached hydrogen (secondary N) is 4. The molecule has 112 valence electrons. The summed E-state index contributed by atoms with van der Waals surface area (Å²) in [5.74, 6) is -0.381. The lowest BCUT2D eigenvalue weighted by molar-refractivity contribution is -0.885. The van der Waals surface area contributed by atoms with Gasteiger partial charge < -0.3 is 15.5 Å². The minimum absolute atomic E-state index is 0.0503. The van der Waals surface area contributed by atoms with Gasteiger partial charge in [0.1, 0.15) is 0 Å². The number of carbonyl (C=O) groups is 3. The Morgan fingerprint density at radius 3 is 2.70 bits per heavy atom. The molecule has 0 spiro atoms. The Balaban J connectivity index is 1.67. The lowest BCUT2D eigenvalue weighted by atomic mass is 9.96. The van der Waals surface area contributed by atoms with Crippen molar-refractivity contribution < 1.29 is 19.3 Å². The van der Waals surface area contributed by atoms with E-state index in [0.717, 1.165) is 30.6 Å². The maximum absolute atomic E-state index is 11.7. The van der Waals surface area contributed by atoms with E-state index in [1.807, 2.05) is 0 Å². The van der Waals surface area contributed by atoms with E-state index in [0.29, 0.717) is 13.1 Å². The molecule has 4 N–H and O–H groups in total. The maximum atomic E-state index is 11.7. The number of hydrogen-bond donors (Lipinski definition) is 4. The number of amides is 4. The predicted octanol–water partition coefficient (Wildman–Crippen LogP) is -1.84. The van der Waals surface area contributed by atoms with Gasteiger partial charge in [-0.25, -0.2) is 4.79 Å². The number of hydrogen-bond acceptors (Lipinski definition) is 3. The van der Waals surface area contributed by atoms with Crippen LogP contribution in [0.4, 0.5) is 4.79 Å². The van der Waals surface area contributed by atoms with Gasteiger partial charge in [-0.2, -0.15) is 0 Å². The summed E-state index contributed by atoms with van der Waals surface area (Å²) >= 11 is 0. The highest BCUT2D eigenvalue weighted by atomic mass is 16.2. The van der Waals surface area contributed by atoms with Crippen molar-refractivity contribution >= 4 is 17.8 Å². The lowest BCUT2D eigenvalue weighted by Crippen LogP contribution is -3.16. The summed E-state index contributed by atoms with van der Waals surface area (Å²) in [6, 6.07) is -0.229. The van der Waals surface area contributed by atoms with Crippen LogP contribution >= 0.6 is 0 Å². The highest BCUT2D eigenvalue weighted by Gasteiger charge is 2.23. The lowest BCUT2D eigenvalue weighted by Gasteiger charge is -2.24. The van der Waals surface area contributed by atoms with Crippen molar-refractivity contribution in [3.63, 3.8) is 0 Å². The van der Waals surface area contributed by atoms with Gasteiger partial charge in [0.25, 0.3) is 11.8 Å². The highest BCUT2D eigenvalue weighted by molar-refractivity contribution is 5.94. The monoisotopic (exact) mass is 283 g/mol. The first kappa shape index (κ1) is 14.8. The molecule has 2 rings (SSSR count). The third-order valence-electron chi connectivity index (χ3n) is 3.82. The van der Waals surface area contributed by atoms with Gasteiger partial charge in [0.2, 0.25) is 0 Å². The van der Waals surface area contributed by atoms with E-state index in [2.05, 4.69) is 16.0 Å². The van der Waals surface area contributed by atoms with Crippen LogP contribution in [0.25, 0.3) is 0 Å². The van der Waals surface area contributed by atoms with Crippen LogP contribution in [0.15, 0.2) is 0 Å². The Kier molecular flexibility index (Phi) is 5.34. The summed E-state index contributed by atoms with van der Waals surface area (Å²) in [6.45, 7) is 1.74. The zero-order valence-corrected chi connectivity index (χ0v) is 11.7. The maximum Gasteiger partial charge on any atom is 0.321 e. The largest absolute Gasteiger partial charge is 0.346 e. The number of imide groups is 1. The standard InChI is InChI=1S/C13H22N4O3/c18-11-8-17(7-6-14-11)9-12(19)16-13(20)15-10-4-2-1-3-5-10/h10H,1-9H2,(H,14,18)(H2,15,16,19,20)/p+1. The van der Waals surface area contributed by atoms with Crippen molar-refractivity contribution in [2.75, 3.05) is 26.2 Å². The predicted molar refractivity (Wildman–Crippen MR) is 72.1 cm³/mol. The van der Waals surface area contributed by atoms with Crippen molar-refractivity contribution in [1.82, 2.24) is 16.0 Å². The second-order valence-electron chi connectivity index (χ2n) is 5.56. The Morgan fingerprint density at radius 1 is 1.25 bits per heavy atom. The fourth-order valence-electron chi connectivity index (χ4n) is 2.77. The first-order valence-electron chi connectivity index (χ1n) is 7.34. The molecule has 2 fully saturated rings. The van der Waals surface area contributed by atoms with Gasteiger partial charge in [0.15, 0.2) is 13.1 Å². The molecular weight excluding hydrogens is 260 g/mol. The zero-order chi connectivity index (χ0) is 14.4. The van der Waals surface area contributed by atoms with Crippen molar-refractivity contribution in [1.29, 1.82) is 0 Å². The molecular formula is C13H23N4O3+. The first-order chi connectivity index (χ1) is 9.63. The Hall–Kier alpha value is -1.63. The van der Waals surface area contributed by atoms with Crippen LogP contribution < -0.4 is 20.9 Å². The summed E-state index contributed by atoms with van der Waals surface area (Å²) in [5.41, 5.74) is 0. The zero-order valence-electron chi connectivity index (χ0n) is 11.7. The molecule has 0 aromatic carbocycles. The van der Waals surface area contributed by atoms with E-state index in [1.165, 1.54) is 6.42 Å². The number of rotatable bonds is 3. The number of urea groups is 1. The van der Waals surface area contributed by atoms with E-state index in [9.17, 15) is 14.4 Å². The molecule has 1 saturated carbocycles. The van der Waals surface area contributed by atoms with Crippen molar-refractivity contribution in [2.24, 2.45) is 0 Å². The summed E-state index contributed by atoms with van der Waals surface area (Å²) in [6.07, 6.45) is 5.45. The van der Waals surface area contributed by atoms with Gasteiger partial charge in [-0.15, -0.1) is 0 Å². The fraction of sp³-hybridized carbons (Fsp3) is 0.769. The van der Waals surface area contributed by atoms with Crippen LogP contribution in [-0.2, 0) is 9.59 Å². The van der Waals surface area contributed by atoms with Gasteiger partial charge in [0.05, 0.1) is 13.1 Å². The van der Waals surface area contributed by atoms with Crippen molar-refractivity contribution in [3.05, 3.63) is 0 Å². The van der Waals surface area contributed by atoms with Gasteiger partial charge in [-0.3, -0.25) is 14.9 Å². The Bertz CT molecular complexity index is 380. The average Bonchev–Trinajstić information content (AvgIpc) is 2.39. The Labute approximate surface area is 118 Å². The third kappa shape index (κ3) is 4.80. The molecule has 1 unspecified atom stereocenters. The number of quaternary nitrogens is 1. The van der Waals surface area contributed by atoms with E-state index in [1.54, 1.807) is 0 Å². The molecule has 7 heteroatoms. The van der Waals surface area contributed by atoms with Crippen LogP contribution in [0.3, 0.4) is 0 Å².